The van der Waals surface area contributed by atoms with Gasteiger partial charge in [0.15, 0.2) is 0 Å². The second-order valence-electron chi connectivity index (χ2n) is 6.35. The van der Waals surface area contributed by atoms with Crippen LogP contribution in [0.4, 0.5) is 4.39 Å². The third-order valence-electron chi connectivity index (χ3n) is 4.29. The van der Waals surface area contributed by atoms with Crippen LogP contribution in [-0.2, 0) is 17.8 Å². The summed E-state index contributed by atoms with van der Waals surface area (Å²) in [6.07, 6.45) is 3.07. The summed E-state index contributed by atoms with van der Waals surface area (Å²) < 4.78 is 12.9. The second-order valence-corrected chi connectivity index (χ2v) is 6.35. The van der Waals surface area contributed by atoms with E-state index in [0.29, 0.717) is 25.6 Å². The standard InChI is InChI=1S/C20H23FN2O/c21-18-8-6-16(7-9-18)12-13-22-20(24)15-23(19-10-11-19)14-17-4-2-1-3-5-17/h1-9,19H,10-15H2,(H,22,24). The monoisotopic (exact) mass is 326 g/mol. The van der Waals surface area contributed by atoms with Crippen LogP contribution in [0.1, 0.15) is 24.0 Å². The van der Waals surface area contributed by atoms with Crippen molar-refractivity contribution in [2.75, 3.05) is 13.1 Å². The van der Waals surface area contributed by atoms with Crippen molar-refractivity contribution >= 4 is 5.91 Å². The molecule has 0 atom stereocenters. The quantitative estimate of drug-likeness (QED) is 0.808. The zero-order valence-corrected chi connectivity index (χ0v) is 13.7. The predicted molar refractivity (Wildman–Crippen MR) is 93.0 cm³/mol. The maximum absolute atomic E-state index is 12.9. The van der Waals surface area contributed by atoms with E-state index in [1.165, 1.54) is 30.5 Å². The number of halogens is 1. The Labute approximate surface area is 142 Å². The van der Waals surface area contributed by atoms with Crippen molar-refractivity contribution in [3.8, 4) is 0 Å². The molecule has 2 aromatic rings. The maximum atomic E-state index is 12.9. The first-order chi connectivity index (χ1) is 11.7. The smallest absolute Gasteiger partial charge is 0.234 e. The molecule has 3 rings (SSSR count). The van der Waals surface area contributed by atoms with E-state index >= 15 is 0 Å². The van der Waals surface area contributed by atoms with Crippen LogP contribution >= 0.6 is 0 Å². The van der Waals surface area contributed by atoms with Crippen LogP contribution in [0, 0.1) is 5.82 Å². The Morgan fingerprint density at radius 3 is 2.42 bits per heavy atom. The van der Waals surface area contributed by atoms with Crippen molar-refractivity contribution in [1.82, 2.24) is 10.2 Å². The largest absolute Gasteiger partial charge is 0.355 e. The zero-order chi connectivity index (χ0) is 16.8. The summed E-state index contributed by atoms with van der Waals surface area (Å²) in [5.41, 5.74) is 2.27. The molecule has 3 nitrogen and oxygen atoms in total. The molecule has 0 saturated heterocycles. The van der Waals surface area contributed by atoms with E-state index in [4.69, 9.17) is 0 Å². The topological polar surface area (TPSA) is 32.3 Å². The number of nitrogens with one attached hydrogen (secondary N) is 1. The molecule has 1 fully saturated rings. The van der Waals surface area contributed by atoms with Gasteiger partial charge in [-0.25, -0.2) is 4.39 Å². The van der Waals surface area contributed by atoms with E-state index in [1.807, 2.05) is 18.2 Å². The molecule has 126 valence electrons. The Balaban J connectivity index is 1.44. The molecule has 2 aromatic carbocycles. The van der Waals surface area contributed by atoms with Gasteiger partial charge in [-0.15, -0.1) is 0 Å². The summed E-state index contributed by atoms with van der Waals surface area (Å²) in [4.78, 5) is 14.5. The summed E-state index contributed by atoms with van der Waals surface area (Å²) in [5, 5.41) is 2.97. The lowest BCUT2D eigenvalue weighted by molar-refractivity contribution is -0.122. The molecule has 0 spiro atoms. The van der Waals surface area contributed by atoms with Gasteiger partial charge >= 0.3 is 0 Å². The van der Waals surface area contributed by atoms with Crippen molar-refractivity contribution in [2.24, 2.45) is 0 Å². The molecule has 1 N–H and O–H groups in total. The fraction of sp³-hybridized carbons (Fsp3) is 0.350. The molecule has 4 heteroatoms. The van der Waals surface area contributed by atoms with Gasteiger partial charge in [-0.3, -0.25) is 9.69 Å². The molecule has 0 aromatic heterocycles. The minimum atomic E-state index is -0.233. The molecule has 0 heterocycles. The summed E-state index contributed by atoms with van der Waals surface area (Å²) >= 11 is 0. The first-order valence-corrected chi connectivity index (χ1v) is 8.50. The lowest BCUT2D eigenvalue weighted by Gasteiger charge is -2.21. The maximum Gasteiger partial charge on any atom is 0.234 e. The molecular formula is C20H23FN2O. The van der Waals surface area contributed by atoms with Gasteiger partial charge in [0.05, 0.1) is 6.54 Å². The molecule has 0 bridgehead atoms. The van der Waals surface area contributed by atoms with Gasteiger partial charge in [0.25, 0.3) is 0 Å². The average Bonchev–Trinajstić information content (AvgIpc) is 3.42. The van der Waals surface area contributed by atoms with Crippen LogP contribution in [0.3, 0.4) is 0 Å². The lowest BCUT2D eigenvalue weighted by Crippen LogP contribution is -2.38. The number of hydrogen-bond donors (Lipinski definition) is 1. The van der Waals surface area contributed by atoms with Gasteiger partial charge in [0, 0.05) is 19.1 Å². The van der Waals surface area contributed by atoms with Gasteiger partial charge in [-0.05, 0) is 42.5 Å². The lowest BCUT2D eigenvalue weighted by atomic mass is 10.1. The highest BCUT2D eigenvalue weighted by Crippen LogP contribution is 2.27. The Morgan fingerprint density at radius 2 is 1.75 bits per heavy atom. The van der Waals surface area contributed by atoms with Crippen LogP contribution in [0.5, 0.6) is 0 Å². The Hall–Kier alpha value is -2.20. The molecule has 0 unspecified atom stereocenters. The van der Waals surface area contributed by atoms with Crippen LogP contribution < -0.4 is 5.32 Å². The van der Waals surface area contributed by atoms with E-state index in [1.54, 1.807) is 12.1 Å². The van der Waals surface area contributed by atoms with E-state index < -0.39 is 0 Å². The van der Waals surface area contributed by atoms with Gasteiger partial charge < -0.3 is 5.32 Å². The highest BCUT2D eigenvalue weighted by Gasteiger charge is 2.30. The van der Waals surface area contributed by atoms with Crippen molar-refractivity contribution < 1.29 is 9.18 Å². The number of nitrogens with zero attached hydrogens (tertiary/aromatic N) is 1. The molecule has 1 aliphatic rings. The predicted octanol–water partition coefficient (Wildman–Crippen LogP) is 3.15. The van der Waals surface area contributed by atoms with Gasteiger partial charge in [-0.2, -0.15) is 0 Å². The fourth-order valence-electron chi connectivity index (χ4n) is 2.81. The number of carbonyl (C=O) groups excluding carboxylic acids is 1. The van der Waals surface area contributed by atoms with E-state index in [-0.39, 0.29) is 11.7 Å². The molecule has 0 aliphatic heterocycles. The minimum absolute atomic E-state index is 0.0555. The van der Waals surface area contributed by atoms with Crippen LogP contribution in [0.25, 0.3) is 0 Å². The van der Waals surface area contributed by atoms with Crippen molar-refractivity contribution in [2.45, 2.75) is 31.8 Å². The Morgan fingerprint density at radius 1 is 1.04 bits per heavy atom. The Bertz CT molecular complexity index is 653. The van der Waals surface area contributed by atoms with Gasteiger partial charge in [0.1, 0.15) is 5.82 Å². The molecule has 0 radical (unpaired) electrons. The van der Waals surface area contributed by atoms with E-state index in [0.717, 1.165) is 12.1 Å². The Kier molecular flexibility index (Phi) is 5.59. The molecule has 24 heavy (non-hydrogen) atoms. The van der Waals surface area contributed by atoms with Crippen LogP contribution in [-0.4, -0.2) is 29.9 Å². The van der Waals surface area contributed by atoms with E-state index in [9.17, 15) is 9.18 Å². The van der Waals surface area contributed by atoms with Gasteiger partial charge in [-0.1, -0.05) is 42.5 Å². The number of benzene rings is 2. The first kappa shape index (κ1) is 16.7. The van der Waals surface area contributed by atoms with Crippen molar-refractivity contribution in [3.63, 3.8) is 0 Å². The van der Waals surface area contributed by atoms with Crippen LogP contribution in [0.15, 0.2) is 54.6 Å². The summed E-state index contributed by atoms with van der Waals surface area (Å²) in [5.74, 6) is -0.177. The molecule has 1 saturated carbocycles. The van der Waals surface area contributed by atoms with Gasteiger partial charge in [0.2, 0.25) is 5.91 Å². The third kappa shape index (κ3) is 5.17. The second kappa shape index (κ2) is 8.06. The SMILES string of the molecule is O=C(CN(Cc1ccccc1)C1CC1)NCCc1ccc(F)cc1. The number of amides is 1. The van der Waals surface area contributed by atoms with E-state index in [2.05, 4.69) is 22.3 Å². The minimum Gasteiger partial charge on any atom is -0.355 e. The normalized spacial score (nSPS) is 13.9. The number of carbonyl (C=O) groups is 1. The first-order valence-electron chi connectivity index (χ1n) is 8.50. The zero-order valence-electron chi connectivity index (χ0n) is 13.7. The van der Waals surface area contributed by atoms with Crippen LogP contribution in [0.2, 0.25) is 0 Å². The fourth-order valence-corrected chi connectivity index (χ4v) is 2.81. The summed E-state index contributed by atoms with van der Waals surface area (Å²) in [6, 6.07) is 17.2. The molecule has 1 aliphatic carbocycles. The summed E-state index contributed by atoms with van der Waals surface area (Å²) in [7, 11) is 0. The average molecular weight is 326 g/mol. The van der Waals surface area contributed by atoms with Crippen molar-refractivity contribution in [1.29, 1.82) is 0 Å². The number of rotatable bonds is 8. The third-order valence-corrected chi connectivity index (χ3v) is 4.29. The highest BCUT2D eigenvalue weighted by molar-refractivity contribution is 5.78. The molecular weight excluding hydrogens is 303 g/mol. The number of hydrogen-bond acceptors (Lipinski definition) is 2. The highest BCUT2D eigenvalue weighted by atomic mass is 19.1. The summed E-state index contributed by atoms with van der Waals surface area (Å²) in [6.45, 7) is 1.83. The molecule has 1 amide bonds. The van der Waals surface area contributed by atoms with Crippen molar-refractivity contribution in [3.05, 3.63) is 71.5 Å².